The van der Waals surface area contributed by atoms with Crippen LogP contribution in [0.3, 0.4) is 0 Å². The number of amides is 1. The van der Waals surface area contributed by atoms with Crippen LogP contribution in [0.15, 0.2) is 18.3 Å². The molecule has 6 nitrogen and oxygen atoms in total. The normalized spacial score (nSPS) is 20.8. The van der Waals surface area contributed by atoms with Gasteiger partial charge in [0.2, 0.25) is 5.91 Å². The third kappa shape index (κ3) is 2.95. The molecule has 1 fully saturated rings. The Balaban J connectivity index is 1.94. The summed E-state index contributed by atoms with van der Waals surface area (Å²) in [6.07, 6.45) is 3.82. The smallest absolute Gasteiger partial charge is 0.236 e. The zero-order chi connectivity index (χ0) is 13.0. The summed E-state index contributed by atoms with van der Waals surface area (Å²) in [4.78, 5) is 13.6. The first kappa shape index (κ1) is 12.8. The van der Waals surface area contributed by atoms with Crippen LogP contribution in [0.4, 0.5) is 5.82 Å². The van der Waals surface area contributed by atoms with E-state index < -0.39 is 6.04 Å². The first-order valence-electron chi connectivity index (χ1n) is 6.26. The van der Waals surface area contributed by atoms with E-state index in [2.05, 4.69) is 20.4 Å². The van der Waals surface area contributed by atoms with Gasteiger partial charge in [-0.1, -0.05) is 0 Å². The summed E-state index contributed by atoms with van der Waals surface area (Å²) in [5.74, 6) is 0.760. The number of carbonyl (C=O) groups excluding carboxylic acids is 1. The number of anilines is 1. The minimum absolute atomic E-state index is 0.110. The van der Waals surface area contributed by atoms with Crippen molar-refractivity contribution in [3.8, 4) is 0 Å². The molecule has 18 heavy (non-hydrogen) atoms. The van der Waals surface area contributed by atoms with Crippen LogP contribution >= 0.6 is 0 Å². The van der Waals surface area contributed by atoms with Crippen molar-refractivity contribution in [3.05, 3.63) is 18.3 Å². The van der Waals surface area contributed by atoms with E-state index in [1.165, 1.54) is 0 Å². The minimum Gasteiger partial charge on any atom is -0.353 e. The van der Waals surface area contributed by atoms with Gasteiger partial charge in [-0.25, -0.2) is 0 Å². The monoisotopic (exact) mass is 249 g/mol. The summed E-state index contributed by atoms with van der Waals surface area (Å²) in [6, 6.07) is 3.64. The fourth-order valence-electron chi connectivity index (χ4n) is 2.18. The molecular weight excluding hydrogens is 230 g/mol. The maximum absolute atomic E-state index is 11.5. The molecule has 2 atom stereocenters. The van der Waals surface area contributed by atoms with Crippen LogP contribution in [0, 0.1) is 0 Å². The van der Waals surface area contributed by atoms with Gasteiger partial charge in [-0.05, 0) is 31.9 Å². The minimum atomic E-state index is -0.462. The molecule has 2 rings (SSSR count). The second-order valence-corrected chi connectivity index (χ2v) is 4.61. The highest BCUT2D eigenvalue weighted by Gasteiger charge is 2.26. The van der Waals surface area contributed by atoms with Gasteiger partial charge in [0.25, 0.3) is 0 Å². The number of nitrogens with two attached hydrogens (primary N) is 1. The molecule has 3 N–H and O–H groups in total. The van der Waals surface area contributed by atoms with Crippen molar-refractivity contribution in [2.24, 2.45) is 5.73 Å². The van der Waals surface area contributed by atoms with Gasteiger partial charge in [-0.15, -0.1) is 5.10 Å². The molecule has 1 amide bonds. The predicted molar refractivity (Wildman–Crippen MR) is 69.1 cm³/mol. The van der Waals surface area contributed by atoms with Gasteiger partial charge in [-0.2, -0.15) is 5.10 Å². The SMILES string of the molecule is C[C@@H](N)C(=O)NCC1CCCN1c1cccnn1. The lowest BCUT2D eigenvalue weighted by atomic mass is 10.2. The second kappa shape index (κ2) is 5.77. The number of nitrogens with zero attached hydrogens (tertiary/aromatic N) is 3. The van der Waals surface area contributed by atoms with Crippen molar-refractivity contribution in [2.45, 2.75) is 31.8 Å². The first-order valence-corrected chi connectivity index (χ1v) is 6.26. The van der Waals surface area contributed by atoms with Crippen molar-refractivity contribution in [1.29, 1.82) is 0 Å². The maximum Gasteiger partial charge on any atom is 0.236 e. The molecular formula is C12H19N5O. The lowest BCUT2D eigenvalue weighted by Crippen LogP contribution is -2.45. The van der Waals surface area contributed by atoms with Gasteiger partial charge < -0.3 is 16.0 Å². The Morgan fingerprint density at radius 2 is 2.56 bits per heavy atom. The number of hydrogen-bond donors (Lipinski definition) is 2. The Morgan fingerprint density at radius 1 is 1.72 bits per heavy atom. The van der Waals surface area contributed by atoms with Crippen LogP contribution in [0.2, 0.25) is 0 Å². The van der Waals surface area contributed by atoms with Gasteiger partial charge in [0, 0.05) is 25.3 Å². The van der Waals surface area contributed by atoms with Crippen molar-refractivity contribution >= 4 is 11.7 Å². The molecule has 1 aliphatic rings. The average molecular weight is 249 g/mol. The van der Waals surface area contributed by atoms with Crippen molar-refractivity contribution in [2.75, 3.05) is 18.0 Å². The Labute approximate surface area is 107 Å². The van der Waals surface area contributed by atoms with Crippen LogP contribution in [-0.4, -0.2) is 41.3 Å². The fourth-order valence-corrected chi connectivity index (χ4v) is 2.18. The Kier molecular flexibility index (Phi) is 4.09. The number of hydrogen-bond acceptors (Lipinski definition) is 5. The van der Waals surface area contributed by atoms with E-state index in [4.69, 9.17) is 5.73 Å². The lowest BCUT2D eigenvalue weighted by molar-refractivity contribution is -0.122. The molecule has 1 saturated heterocycles. The van der Waals surface area contributed by atoms with E-state index in [0.717, 1.165) is 25.2 Å². The van der Waals surface area contributed by atoms with Gasteiger partial charge in [0.05, 0.1) is 6.04 Å². The molecule has 1 aromatic heterocycles. The Hall–Kier alpha value is -1.69. The predicted octanol–water partition coefficient (Wildman–Crippen LogP) is -0.0912. The van der Waals surface area contributed by atoms with E-state index in [-0.39, 0.29) is 11.9 Å². The zero-order valence-electron chi connectivity index (χ0n) is 10.5. The summed E-state index contributed by atoms with van der Waals surface area (Å²) in [7, 11) is 0. The van der Waals surface area contributed by atoms with Crippen LogP contribution < -0.4 is 16.0 Å². The largest absolute Gasteiger partial charge is 0.353 e. The van der Waals surface area contributed by atoms with Gasteiger partial charge in [0.1, 0.15) is 0 Å². The van der Waals surface area contributed by atoms with Gasteiger partial charge in [-0.3, -0.25) is 4.79 Å². The van der Waals surface area contributed by atoms with Gasteiger partial charge >= 0.3 is 0 Å². The molecule has 1 aliphatic heterocycles. The summed E-state index contributed by atoms with van der Waals surface area (Å²) >= 11 is 0. The third-order valence-electron chi connectivity index (χ3n) is 3.16. The molecule has 0 aromatic carbocycles. The number of nitrogens with one attached hydrogen (secondary N) is 1. The van der Waals surface area contributed by atoms with Crippen molar-refractivity contribution < 1.29 is 4.79 Å². The topological polar surface area (TPSA) is 84.1 Å². The van der Waals surface area contributed by atoms with Crippen molar-refractivity contribution in [3.63, 3.8) is 0 Å². The molecule has 98 valence electrons. The summed E-state index contributed by atoms with van der Waals surface area (Å²) in [5.41, 5.74) is 5.52. The highest BCUT2D eigenvalue weighted by molar-refractivity contribution is 5.81. The van der Waals surface area contributed by atoms with Crippen LogP contribution in [0.5, 0.6) is 0 Å². The third-order valence-corrected chi connectivity index (χ3v) is 3.16. The van der Waals surface area contributed by atoms with Crippen LogP contribution in [-0.2, 0) is 4.79 Å². The molecule has 1 aromatic rings. The van der Waals surface area contributed by atoms with Crippen molar-refractivity contribution in [1.82, 2.24) is 15.5 Å². The fraction of sp³-hybridized carbons (Fsp3) is 0.583. The van der Waals surface area contributed by atoms with E-state index in [0.29, 0.717) is 6.54 Å². The lowest BCUT2D eigenvalue weighted by Gasteiger charge is -2.25. The molecule has 0 saturated carbocycles. The summed E-state index contributed by atoms with van der Waals surface area (Å²) < 4.78 is 0. The standard InChI is InChI=1S/C12H19N5O/c1-9(13)12(18)14-8-10-4-3-7-17(10)11-5-2-6-15-16-11/h2,5-6,9-10H,3-4,7-8,13H2,1H3,(H,14,18)/t9-,10?/m1/s1. The van der Waals surface area contributed by atoms with E-state index >= 15 is 0 Å². The number of rotatable bonds is 4. The zero-order valence-corrected chi connectivity index (χ0v) is 10.5. The highest BCUT2D eigenvalue weighted by Crippen LogP contribution is 2.22. The molecule has 0 spiro atoms. The number of aromatic nitrogens is 2. The highest BCUT2D eigenvalue weighted by atomic mass is 16.2. The quantitative estimate of drug-likeness (QED) is 0.779. The first-order chi connectivity index (χ1) is 8.68. The second-order valence-electron chi connectivity index (χ2n) is 4.61. The van der Waals surface area contributed by atoms with E-state index in [1.807, 2.05) is 12.1 Å². The number of carbonyl (C=O) groups is 1. The maximum atomic E-state index is 11.5. The van der Waals surface area contributed by atoms with Crippen LogP contribution in [0.1, 0.15) is 19.8 Å². The van der Waals surface area contributed by atoms with E-state index in [1.54, 1.807) is 13.1 Å². The molecule has 6 heteroatoms. The molecule has 1 unspecified atom stereocenters. The molecule has 2 heterocycles. The van der Waals surface area contributed by atoms with Gasteiger partial charge in [0.15, 0.2) is 5.82 Å². The van der Waals surface area contributed by atoms with E-state index in [9.17, 15) is 4.79 Å². The van der Waals surface area contributed by atoms with Crippen LogP contribution in [0.25, 0.3) is 0 Å². The summed E-state index contributed by atoms with van der Waals surface area (Å²) in [6.45, 7) is 3.25. The molecule has 0 radical (unpaired) electrons. The molecule has 0 bridgehead atoms. The Morgan fingerprint density at radius 3 is 3.22 bits per heavy atom. The average Bonchev–Trinajstić information content (AvgIpc) is 2.85. The summed E-state index contributed by atoms with van der Waals surface area (Å²) in [5, 5.41) is 10.9. The Bertz CT molecular complexity index is 395. The molecule has 0 aliphatic carbocycles.